The Morgan fingerprint density at radius 3 is 2.44 bits per heavy atom. The van der Waals surface area contributed by atoms with Gasteiger partial charge in [0.2, 0.25) is 5.89 Å². The zero-order valence-corrected chi connectivity index (χ0v) is 11.0. The minimum absolute atomic E-state index is 0.485. The smallest absolute Gasteiger partial charge is 0.223 e. The Morgan fingerprint density at radius 2 is 1.83 bits per heavy atom. The summed E-state index contributed by atoms with van der Waals surface area (Å²) in [7, 11) is 0. The van der Waals surface area contributed by atoms with E-state index >= 15 is 0 Å². The molecular formula is C13H21N3O2. The molecule has 3 rings (SSSR count). The first-order chi connectivity index (χ1) is 8.83. The van der Waals surface area contributed by atoms with Gasteiger partial charge in [0.1, 0.15) is 0 Å². The van der Waals surface area contributed by atoms with E-state index in [0.29, 0.717) is 11.8 Å². The number of ether oxygens (including phenoxy) is 1. The molecule has 100 valence electrons. The van der Waals surface area contributed by atoms with Crippen molar-refractivity contribution in [1.82, 2.24) is 15.0 Å². The molecule has 5 nitrogen and oxygen atoms in total. The van der Waals surface area contributed by atoms with Gasteiger partial charge >= 0.3 is 0 Å². The van der Waals surface area contributed by atoms with E-state index in [9.17, 15) is 0 Å². The molecule has 0 bridgehead atoms. The van der Waals surface area contributed by atoms with E-state index in [-0.39, 0.29) is 0 Å². The van der Waals surface area contributed by atoms with Gasteiger partial charge in [-0.15, -0.1) is 0 Å². The van der Waals surface area contributed by atoms with Crippen LogP contribution in [-0.4, -0.2) is 47.4 Å². The Bertz CT molecular complexity index is 379. The molecule has 0 radical (unpaired) electrons. The summed E-state index contributed by atoms with van der Waals surface area (Å²) >= 11 is 0. The monoisotopic (exact) mass is 251 g/mol. The van der Waals surface area contributed by atoms with Crippen molar-refractivity contribution in [3.8, 4) is 0 Å². The Hall–Kier alpha value is -0.940. The van der Waals surface area contributed by atoms with Crippen LogP contribution < -0.4 is 0 Å². The molecule has 2 fully saturated rings. The highest BCUT2D eigenvalue weighted by Crippen LogP contribution is 2.28. The number of piperidine rings is 1. The molecule has 0 amide bonds. The molecule has 2 saturated heterocycles. The van der Waals surface area contributed by atoms with Crippen LogP contribution in [0.1, 0.15) is 43.3 Å². The van der Waals surface area contributed by atoms with Gasteiger partial charge in [-0.05, 0) is 38.8 Å². The Labute approximate surface area is 107 Å². The van der Waals surface area contributed by atoms with Crippen molar-refractivity contribution in [3.63, 3.8) is 0 Å². The van der Waals surface area contributed by atoms with Crippen molar-refractivity contribution in [2.45, 2.75) is 44.6 Å². The number of nitrogens with zero attached hydrogens (tertiary/aromatic N) is 3. The summed E-state index contributed by atoms with van der Waals surface area (Å²) in [5.41, 5.74) is 0. The van der Waals surface area contributed by atoms with Crippen molar-refractivity contribution < 1.29 is 9.26 Å². The maximum atomic E-state index is 5.42. The van der Waals surface area contributed by atoms with Gasteiger partial charge in [0.25, 0.3) is 0 Å². The van der Waals surface area contributed by atoms with Crippen molar-refractivity contribution in [2.75, 3.05) is 26.3 Å². The van der Waals surface area contributed by atoms with Crippen molar-refractivity contribution in [2.24, 2.45) is 0 Å². The lowest BCUT2D eigenvalue weighted by molar-refractivity contribution is 0.0248. The second-order valence-corrected chi connectivity index (χ2v) is 5.33. The van der Waals surface area contributed by atoms with Crippen LogP contribution in [0.5, 0.6) is 0 Å². The molecule has 5 heteroatoms. The molecule has 0 aromatic carbocycles. The predicted octanol–water partition coefficient (Wildman–Crippen LogP) is 1.74. The molecule has 2 aliphatic rings. The Kier molecular flexibility index (Phi) is 3.61. The highest BCUT2D eigenvalue weighted by Gasteiger charge is 2.28. The average molecular weight is 251 g/mol. The molecule has 0 N–H and O–H groups in total. The van der Waals surface area contributed by atoms with E-state index in [2.05, 4.69) is 15.0 Å². The SMILES string of the molecule is Cc1nc(C2CCN(C3CCOCC3)CC2)no1. The van der Waals surface area contributed by atoms with Gasteiger partial charge < -0.3 is 14.2 Å². The molecule has 18 heavy (non-hydrogen) atoms. The predicted molar refractivity (Wildman–Crippen MR) is 66.4 cm³/mol. The standard InChI is InChI=1S/C13H21N3O2/c1-10-14-13(15-18-10)11-2-6-16(7-3-11)12-4-8-17-9-5-12/h11-12H,2-9H2,1H3. The highest BCUT2D eigenvalue weighted by molar-refractivity contribution is 4.98. The van der Waals surface area contributed by atoms with Crippen LogP contribution in [-0.2, 0) is 4.74 Å². The maximum absolute atomic E-state index is 5.42. The van der Waals surface area contributed by atoms with Crippen molar-refractivity contribution in [1.29, 1.82) is 0 Å². The number of rotatable bonds is 2. The van der Waals surface area contributed by atoms with E-state index in [1.165, 1.54) is 12.8 Å². The van der Waals surface area contributed by atoms with Crippen molar-refractivity contribution in [3.05, 3.63) is 11.7 Å². The first-order valence-electron chi connectivity index (χ1n) is 6.95. The fourth-order valence-corrected chi connectivity index (χ4v) is 3.05. The van der Waals surface area contributed by atoms with E-state index in [4.69, 9.17) is 9.26 Å². The third kappa shape index (κ3) is 2.57. The first-order valence-corrected chi connectivity index (χ1v) is 6.95. The van der Waals surface area contributed by atoms with Crippen LogP contribution in [0, 0.1) is 6.92 Å². The number of hydrogen-bond acceptors (Lipinski definition) is 5. The van der Waals surface area contributed by atoms with Crippen LogP contribution in [0.3, 0.4) is 0 Å². The van der Waals surface area contributed by atoms with Crippen LogP contribution in [0.25, 0.3) is 0 Å². The van der Waals surface area contributed by atoms with Crippen molar-refractivity contribution >= 4 is 0 Å². The van der Waals surface area contributed by atoms with Gasteiger partial charge in [0.15, 0.2) is 5.82 Å². The fourth-order valence-electron chi connectivity index (χ4n) is 3.05. The van der Waals surface area contributed by atoms with E-state index in [0.717, 1.165) is 51.0 Å². The van der Waals surface area contributed by atoms with Crippen LogP contribution in [0.15, 0.2) is 4.52 Å². The fraction of sp³-hybridized carbons (Fsp3) is 0.846. The lowest BCUT2D eigenvalue weighted by Crippen LogP contribution is -2.43. The van der Waals surface area contributed by atoms with E-state index < -0.39 is 0 Å². The second-order valence-electron chi connectivity index (χ2n) is 5.33. The number of hydrogen-bond donors (Lipinski definition) is 0. The number of likely N-dealkylation sites (tertiary alicyclic amines) is 1. The average Bonchev–Trinajstić information content (AvgIpc) is 2.87. The van der Waals surface area contributed by atoms with Crippen LogP contribution in [0.2, 0.25) is 0 Å². The largest absolute Gasteiger partial charge is 0.381 e. The summed E-state index contributed by atoms with van der Waals surface area (Å²) in [5, 5.41) is 4.05. The lowest BCUT2D eigenvalue weighted by atomic mass is 9.94. The third-order valence-corrected chi connectivity index (χ3v) is 4.15. The molecule has 0 saturated carbocycles. The first kappa shape index (κ1) is 12.1. The Balaban J connectivity index is 1.54. The lowest BCUT2D eigenvalue weighted by Gasteiger charge is -2.38. The summed E-state index contributed by atoms with van der Waals surface area (Å²) in [6, 6.07) is 0.728. The quantitative estimate of drug-likeness (QED) is 0.801. The van der Waals surface area contributed by atoms with Gasteiger partial charge in [0, 0.05) is 32.1 Å². The summed E-state index contributed by atoms with van der Waals surface area (Å²) < 4.78 is 10.5. The molecule has 0 atom stereocenters. The van der Waals surface area contributed by atoms with Crippen LogP contribution in [0.4, 0.5) is 0 Å². The zero-order valence-electron chi connectivity index (χ0n) is 11.0. The molecule has 0 aliphatic carbocycles. The van der Waals surface area contributed by atoms with E-state index in [1.807, 2.05) is 6.92 Å². The Morgan fingerprint density at radius 1 is 1.11 bits per heavy atom. The topological polar surface area (TPSA) is 51.4 Å². The molecule has 1 aromatic rings. The minimum atomic E-state index is 0.485. The van der Waals surface area contributed by atoms with E-state index in [1.54, 1.807) is 0 Å². The maximum Gasteiger partial charge on any atom is 0.223 e. The number of aryl methyl sites for hydroxylation is 1. The summed E-state index contributed by atoms with van der Waals surface area (Å²) in [6.45, 7) is 6.02. The normalized spacial score (nSPS) is 24.5. The minimum Gasteiger partial charge on any atom is -0.381 e. The summed E-state index contributed by atoms with van der Waals surface area (Å²) in [6.07, 6.45) is 4.67. The molecule has 1 aromatic heterocycles. The summed E-state index contributed by atoms with van der Waals surface area (Å²) in [4.78, 5) is 6.97. The molecule has 3 heterocycles. The molecular weight excluding hydrogens is 230 g/mol. The zero-order chi connectivity index (χ0) is 12.4. The van der Waals surface area contributed by atoms with Gasteiger partial charge in [0.05, 0.1) is 0 Å². The van der Waals surface area contributed by atoms with Gasteiger partial charge in [-0.2, -0.15) is 4.98 Å². The molecule has 0 spiro atoms. The molecule has 2 aliphatic heterocycles. The van der Waals surface area contributed by atoms with Gasteiger partial charge in [-0.3, -0.25) is 0 Å². The van der Waals surface area contributed by atoms with Crippen LogP contribution >= 0.6 is 0 Å². The number of aromatic nitrogens is 2. The van der Waals surface area contributed by atoms with Gasteiger partial charge in [-0.25, -0.2) is 0 Å². The second kappa shape index (κ2) is 5.36. The van der Waals surface area contributed by atoms with Gasteiger partial charge in [-0.1, -0.05) is 5.16 Å². The molecule has 0 unspecified atom stereocenters. The summed E-state index contributed by atoms with van der Waals surface area (Å²) in [5.74, 6) is 2.06. The highest BCUT2D eigenvalue weighted by atomic mass is 16.5. The third-order valence-electron chi connectivity index (χ3n) is 4.15.